The summed E-state index contributed by atoms with van der Waals surface area (Å²) in [6, 6.07) is 4.09. The van der Waals surface area contributed by atoms with Gasteiger partial charge in [-0.3, -0.25) is 4.90 Å². The molecule has 19 heavy (non-hydrogen) atoms. The summed E-state index contributed by atoms with van der Waals surface area (Å²) in [6.45, 7) is 10.7. The van der Waals surface area contributed by atoms with Crippen molar-refractivity contribution in [1.29, 1.82) is 0 Å². The third kappa shape index (κ3) is 3.85. The van der Waals surface area contributed by atoms with Crippen LogP contribution in [0.3, 0.4) is 0 Å². The molecule has 1 saturated heterocycles. The standard InChI is InChI=1S/C15H24N2O2/c1-11(2)19-15-9-13(12(3)8-14(15)16)10-17-4-6-18-7-5-17/h8-9,11H,4-7,10,16H2,1-3H3. The SMILES string of the molecule is Cc1cc(N)c(OC(C)C)cc1CN1CCOCC1. The Balaban J connectivity index is 2.14. The molecule has 0 unspecified atom stereocenters. The Bertz CT molecular complexity index is 426. The second kappa shape index (κ2) is 6.26. The van der Waals surface area contributed by atoms with Gasteiger partial charge < -0.3 is 15.2 Å². The summed E-state index contributed by atoms with van der Waals surface area (Å²) in [7, 11) is 0. The van der Waals surface area contributed by atoms with Crippen LogP contribution in [0.15, 0.2) is 12.1 Å². The van der Waals surface area contributed by atoms with Gasteiger partial charge in [-0.05, 0) is 44.0 Å². The van der Waals surface area contributed by atoms with Crippen LogP contribution in [-0.2, 0) is 11.3 Å². The highest BCUT2D eigenvalue weighted by molar-refractivity contribution is 5.56. The number of morpholine rings is 1. The van der Waals surface area contributed by atoms with E-state index in [1.807, 2.05) is 19.9 Å². The highest BCUT2D eigenvalue weighted by Crippen LogP contribution is 2.27. The predicted molar refractivity (Wildman–Crippen MR) is 77.5 cm³/mol. The van der Waals surface area contributed by atoms with Gasteiger partial charge in [0.15, 0.2) is 0 Å². The quantitative estimate of drug-likeness (QED) is 0.847. The van der Waals surface area contributed by atoms with Gasteiger partial charge in [0.2, 0.25) is 0 Å². The largest absolute Gasteiger partial charge is 0.489 e. The number of nitrogens with two attached hydrogens (primary N) is 1. The van der Waals surface area contributed by atoms with Gasteiger partial charge in [-0.15, -0.1) is 0 Å². The summed E-state index contributed by atoms with van der Waals surface area (Å²) in [5.41, 5.74) is 9.24. The van der Waals surface area contributed by atoms with Crippen LogP contribution in [0.4, 0.5) is 5.69 Å². The first-order valence-electron chi connectivity index (χ1n) is 6.92. The summed E-state index contributed by atoms with van der Waals surface area (Å²) < 4.78 is 11.1. The lowest BCUT2D eigenvalue weighted by Gasteiger charge is -2.27. The van der Waals surface area contributed by atoms with Crippen LogP contribution < -0.4 is 10.5 Å². The maximum Gasteiger partial charge on any atom is 0.142 e. The maximum absolute atomic E-state index is 6.01. The second-order valence-electron chi connectivity index (χ2n) is 5.37. The highest BCUT2D eigenvalue weighted by atomic mass is 16.5. The molecule has 1 aromatic rings. The molecular weight excluding hydrogens is 240 g/mol. The van der Waals surface area contributed by atoms with E-state index in [0.29, 0.717) is 0 Å². The molecule has 2 N–H and O–H groups in total. The minimum Gasteiger partial charge on any atom is -0.489 e. The minimum absolute atomic E-state index is 0.140. The summed E-state index contributed by atoms with van der Waals surface area (Å²) >= 11 is 0. The van der Waals surface area contributed by atoms with Gasteiger partial charge in [0.1, 0.15) is 5.75 Å². The number of hydrogen-bond acceptors (Lipinski definition) is 4. The average molecular weight is 264 g/mol. The summed E-state index contributed by atoms with van der Waals surface area (Å²) in [5, 5.41) is 0. The van der Waals surface area contributed by atoms with Crippen molar-refractivity contribution in [1.82, 2.24) is 4.90 Å². The van der Waals surface area contributed by atoms with Crippen LogP contribution in [0.1, 0.15) is 25.0 Å². The third-order valence-electron chi connectivity index (χ3n) is 3.33. The number of aryl methyl sites for hydroxylation is 1. The number of benzene rings is 1. The molecular formula is C15H24N2O2. The van der Waals surface area contributed by atoms with Gasteiger partial charge in [-0.2, -0.15) is 0 Å². The number of nitrogen functional groups attached to an aromatic ring is 1. The zero-order valence-corrected chi connectivity index (χ0v) is 12.1. The molecule has 1 aliphatic rings. The van der Waals surface area contributed by atoms with Gasteiger partial charge in [0.25, 0.3) is 0 Å². The molecule has 0 bridgehead atoms. The van der Waals surface area contributed by atoms with Crippen LogP contribution in [-0.4, -0.2) is 37.3 Å². The Morgan fingerprint density at radius 1 is 1.32 bits per heavy atom. The summed E-state index contributed by atoms with van der Waals surface area (Å²) in [5.74, 6) is 0.795. The number of ether oxygens (including phenoxy) is 2. The molecule has 0 saturated carbocycles. The Labute approximate surface area is 115 Å². The molecule has 106 valence electrons. The van der Waals surface area contributed by atoms with Gasteiger partial charge in [0, 0.05) is 19.6 Å². The lowest BCUT2D eigenvalue weighted by Crippen LogP contribution is -2.35. The third-order valence-corrected chi connectivity index (χ3v) is 3.33. The van der Waals surface area contributed by atoms with Crippen LogP contribution in [0.25, 0.3) is 0 Å². The zero-order chi connectivity index (χ0) is 13.8. The minimum atomic E-state index is 0.140. The number of rotatable bonds is 4. The molecule has 0 amide bonds. The molecule has 4 nitrogen and oxygen atoms in total. The van der Waals surface area contributed by atoms with E-state index < -0.39 is 0 Å². The molecule has 0 aromatic heterocycles. The maximum atomic E-state index is 6.01. The van der Waals surface area contributed by atoms with Crippen molar-refractivity contribution in [2.75, 3.05) is 32.0 Å². The normalized spacial score (nSPS) is 16.8. The lowest BCUT2D eigenvalue weighted by atomic mass is 10.1. The van der Waals surface area contributed by atoms with E-state index in [4.69, 9.17) is 15.2 Å². The average Bonchev–Trinajstić information content (AvgIpc) is 2.36. The topological polar surface area (TPSA) is 47.7 Å². The monoisotopic (exact) mass is 264 g/mol. The second-order valence-corrected chi connectivity index (χ2v) is 5.37. The molecule has 1 fully saturated rings. The fraction of sp³-hybridized carbons (Fsp3) is 0.600. The molecule has 2 rings (SSSR count). The fourth-order valence-corrected chi connectivity index (χ4v) is 2.28. The fourth-order valence-electron chi connectivity index (χ4n) is 2.28. The van der Waals surface area contributed by atoms with Gasteiger partial charge in [-0.25, -0.2) is 0 Å². The van der Waals surface area contributed by atoms with Crippen molar-refractivity contribution in [3.63, 3.8) is 0 Å². The molecule has 4 heteroatoms. The van der Waals surface area contributed by atoms with Gasteiger partial charge in [-0.1, -0.05) is 0 Å². The molecule has 0 spiro atoms. The Morgan fingerprint density at radius 2 is 2.00 bits per heavy atom. The van der Waals surface area contributed by atoms with Gasteiger partial charge >= 0.3 is 0 Å². The first kappa shape index (κ1) is 14.2. The molecule has 0 radical (unpaired) electrons. The van der Waals surface area contributed by atoms with Crippen molar-refractivity contribution in [3.8, 4) is 5.75 Å². The Kier molecular flexibility index (Phi) is 4.66. The van der Waals surface area contributed by atoms with E-state index in [-0.39, 0.29) is 6.10 Å². The van der Waals surface area contributed by atoms with Crippen molar-refractivity contribution in [3.05, 3.63) is 23.3 Å². The van der Waals surface area contributed by atoms with Crippen molar-refractivity contribution in [2.24, 2.45) is 0 Å². The van der Waals surface area contributed by atoms with Crippen molar-refractivity contribution >= 4 is 5.69 Å². The first-order chi connectivity index (χ1) is 9.06. The highest BCUT2D eigenvalue weighted by Gasteiger charge is 2.14. The summed E-state index contributed by atoms with van der Waals surface area (Å²) in [4.78, 5) is 2.40. The lowest BCUT2D eigenvalue weighted by molar-refractivity contribution is 0.0341. The van der Waals surface area contributed by atoms with E-state index in [9.17, 15) is 0 Å². The van der Waals surface area contributed by atoms with Crippen LogP contribution in [0, 0.1) is 6.92 Å². The van der Waals surface area contributed by atoms with Crippen molar-refractivity contribution in [2.45, 2.75) is 33.4 Å². The molecule has 0 aliphatic carbocycles. The molecule has 1 heterocycles. The van der Waals surface area contributed by atoms with E-state index in [1.165, 1.54) is 11.1 Å². The Hall–Kier alpha value is -1.26. The first-order valence-corrected chi connectivity index (χ1v) is 6.92. The van der Waals surface area contributed by atoms with Crippen molar-refractivity contribution < 1.29 is 9.47 Å². The van der Waals surface area contributed by atoms with E-state index in [0.717, 1.165) is 44.3 Å². The summed E-state index contributed by atoms with van der Waals surface area (Å²) in [6.07, 6.45) is 0.140. The number of nitrogens with zero attached hydrogens (tertiary/aromatic N) is 1. The van der Waals surface area contributed by atoms with E-state index in [2.05, 4.69) is 17.9 Å². The molecule has 0 atom stereocenters. The van der Waals surface area contributed by atoms with E-state index >= 15 is 0 Å². The van der Waals surface area contributed by atoms with Crippen LogP contribution in [0.2, 0.25) is 0 Å². The van der Waals surface area contributed by atoms with Gasteiger partial charge in [0.05, 0.1) is 25.0 Å². The van der Waals surface area contributed by atoms with E-state index in [1.54, 1.807) is 0 Å². The van der Waals surface area contributed by atoms with Crippen LogP contribution >= 0.6 is 0 Å². The Morgan fingerprint density at radius 3 is 2.63 bits per heavy atom. The molecule has 1 aliphatic heterocycles. The molecule has 1 aromatic carbocycles. The number of anilines is 1. The smallest absolute Gasteiger partial charge is 0.142 e. The van der Waals surface area contributed by atoms with Crippen LogP contribution in [0.5, 0.6) is 5.75 Å². The number of hydrogen-bond donors (Lipinski definition) is 1. The zero-order valence-electron chi connectivity index (χ0n) is 12.1. The predicted octanol–water partition coefficient (Wildman–Crippen LogP) is 2.20.